The van der Waals surface area contributed by atoms with Crippen molar-refractivity contribution in [2.75, 3.05) is 0 Å². The van der Waals surface area contributed by atoms with Crippen LogP contribution in [-0.2, 0) is 38.8 Å². The van der Waals surface area contributed by atoms with E-state index in [0.29, 0.717) is 31.8 Å². The molecule has 0 bridgehead atoms. The highest BCUT2D eigenvalue weighted by Gasteiger charge is 2.48. The Labute approximate surface area is 251 Å². The van der Waals surface area contributed by atoms with Gasteiger partial charge in [-0.1, -0.05) is 116 Å². The van der Waals surface area contributed by atoms with Crippen LogP contribution < -0.4 is 0 Å². The fourth-order valence-electron chi connectivity index (χ4n) is 5.27. The highest BCUT2D eigenvalue weighted by atomic mass is 35.5. The number of hydrogen-bond acceptors (Lipinski definition) is 5. The van der Waals surface area contributed by atoms with Gasteiger partial charge < -0.3 is 24.1 Å². The lowest BCUT2D eigenvalue weighted by Crippen LogP contribution is -2.57. The van der Waals surface area contributed by atoms with E-state index in [1.54, 1.807) is 18.2 Å². The zero-order valence-electron chi connectivity index (χ0n) is 23.5. The van der Waals surface area contributed by atoms with Crippen LogP contribution in [0.15, 0.2) is 109 Å². The van der Waals surface area contributed by atoms with Crippen LogP contribution >= 0.6 is 11.6 Å². The van der Waals surface area contributed by atoms with Gasteiger partial charge >= 0.3 is 5.97 Å². The highest BCUT2D eigenvalue weighted by Crippen LogP contribution is 2.40. The minimum atomic E-state index is -1.10. The lowest BCUT2D eigenvalue weighted by Gasteiger charge is -2.46. The van der Waals surface area contributed by atoms with E-state index in [4.69, 9.17) is 30.5 Å². The van der Waals surface area contributed by atoms with Crippen molar-refractivity contribution < 1.29 is 28.8 Å². The summed E-state index contributed by atoms with van der Waals surface area (Å²) >= 11 is 6.23. The first-order valence-corrected chi connectivity index (χ1v) is 14.6. The van der Waals surface area contributed by atoms with Crippen molar-refractivity contribution in [3.05, 3.63) is 142 Å². The summed E-state index contributed by atoms with van der Waals surface area (Å²) < 4.78 is 26.6. The Morgan fingerprint density at radius 1 is 0.714 bits per heavy atom. The molecule has 1 aliphatic heterocycles. The Bertz CT molecular complexity index is 1420. The molecule has 4 aromatic carbocycles. The maximum atomic E-state index is 12.0. The van der Waals surface area contributed by atoms with Crippen molar-refractivity contribution in [3.63, 3.8) is 0 Å². The zero-order valence-corrected chi connectivity index (χ0v) is 24.2. The molecule has 0 radical (unpaired) electrons. The molecule has 4 aromatic rings. The van der Waals surface area contributed by atoms with E-state index in [9.17, 15) is 9.90 Å². The summed E-state index contributed by atoms with van der Waals surface area (Å²) in [5.41, 5.74) is 3.73. The number of benzene rings is 4. The molecule has 1 fully saturated rings. The van der Waals surface area contributed by atoms with Crippen molar-refractivity contribution in [2.45, 2.75) is 63.7 Å². The fraction of sp³-hybridized carbons (Fsp3) is 0.286. The SMILES string of the molecule is CC[C@H]1OC(c2ccc(Cl)c(C(=O)O)c2)[C@H](OCc2ccccc2)[C@@H](OCc2ccccc2)[C@@H]1OCc1ccccc1. The molecule has 218 valence electrons. The Morgan fingerprint density at radius 2 is 1.19 bits per heavy atom. The third-order valence-corrected chi connectivity index (χ3v) is 7.77. The Morgan fingerprint density at radius 3 is 1.67 bits per heavy atom. The monoisotopic (exact) mass is 586 g/mol. The van der Waals surface area contributed by atoms with Gasteiger partial charge in [-0.05, 0) is 40.8 Å². The molecule has 1 saturated heterocycles. The minimum Gasteiger partial charge on any atom is -0.478 e. The molecule has 1 heterocycles. The lowest BCUT2D eigenvalue weighted by molar-refractivity contribution is -0.267. The van der Waals surface area contributed by atoms with E-state index in [1.807, 2.05) is 97.9 Å². The van der Waals surface area contributed by atoms with Gasteiger partial charge in [0.25, 0.3) is 0 Å². The van der Waals surface area contributed by atoms with Gasteiger partial charge in [0, 0.05) is 0 Å². The van der Waals surface area contributed by atoms with Gasteiger partial charge in [-0.2, -0.15) is 0 Å². The molecule has 7 heteroatoms. The van der Waals surface area contributed by atoms with Crippen molar-refractivity contribution in [1.29, 1.82) is 0 Å². The summed E-state index contributed by atoms with van der Waals surface area (Å²) in [6, 6.07) is 34.8. The van der Waals surface area contributed by atoms with Crippen molar-refractivity contribution >= 4 is 17.6 Å². The van der Waals surface area contributed by atoms with E-state index in [2.05, 4.69) is 0 Å². The molecule has 5 atom stereocenters. The summed E-state index contributed by atoms with van der Waals surface area (Å²) in [4.78, 5) is 12.0. The first kappa shape index (κ1) is 30.0. The van der Waals surface area contributed by atoms with E-state index >= 15 is 0 Å². The van der Waals surface area contributed by atoms with Crippen LogP contribution in [0.25, 0.3) is 0 Å². The van der Waals surface area contributed by atoms with Crippen LogP contribution in [0.3, 0.4) is 0 Å². The molecular weight excluding hydrogens is 552 g/mol. The second kappa shape index (κ2) is 14.6. The fourth-order valence-corrected chi connectivity index (χ4v) is 5.47. The van der Waals surface area contributed by atoms with Crippen LogP contribution in [0, 0.1) is 0 Å². The van der Waals surface area contributed by atoms with Crippen LogP contribution in [-0.4, -0.2) is 35.5 Å². The van der Waals surface area contributed by atoms with Crippen LogP contribution in [0.4, 0.5) is 0 Å². The first-order valence-electron chi connectivity index (χ1n) is 14.2. The molecule has 5 rings (SSSR count). The normalized spacial score (nSPS) is 22.1. The average Bonchev–Trinajstić information content (AvgIpc) is 3.03. The van der Waals surface area contributed by atoms with Crippen LogP contribution in [0.2, 0.25) is 5.02 Å². The molecule has 0 aromatic heterocycles. The Balaban J connectivity index is 1.52. The van der Waals surface area contributed by atoms with Gasteiger partial charge in [0.15, 0.2) is 0 Å². The maximum absolute atomic E-state index is 12.0. The summed E-state index contributed by atoms with van der Waals surface area (Å²) in [5.74, 6) is -1.10. The summed E-state index contributed by atoms with van der Waals surface area (Å²) in [6.07, 6.45) is -1.87. The predicted octanol–water partition coefficient (Wildman–Crippen LogP) is 7.64. The molecule has 0 saturated carbocycles. The third-order valence-electron chi connectivity index (χ3n) is 7.44. The van der Waals surface area contributed by atoms with Crippen molar-refractivity contribution in [2.24, 2.45) is 0 Å². The third kappa shape index (κ3) is 7.46. The summed E-state index contributed by atoms with van der Waals surface area (Å²) in [7, 11) is 0. The standard InChI is InChI=1S/C35H35ClO6/c1-2-30-32(39-21-24-12-6-3-7-13-24)34(41-23-26-16-10-5-11-17-26)33(40-22-25-14-8-4-9-15-25)31(42-30)27-18-19-29(36)28(20-27)35(37)38/h3-20,30-34H,2,21-23H2,1H3,(H,37,38)/t30-,31?,32-,33+,34+/m1/s1. The number of carboxylic acids is 1. The zero-order chi connectivity index (χ0) is 29.3. The smallest absolute Gasteiger partial charge is 0.337 e. The van der Waals surface area contributed by atoms with E-state index < -0.39 is 30.4 Å². The summed E-state index contributed by atoms with van der Waals surface area (Å²) in [5, 5.41) is 9.95. The second-order valence-electron chi connectivity index (χ2n) is 10.3. The minimum absolute atomic E-state index is 0.0110. The van der Waals surface area contributed by atoms with Gasteiger partial charge in [0.2, 0.25) is 0 Å². The van der Waals surface area contributed by atoms with E-state index in [0.717, 1.165) is 16.7 Å². The molecule has 42 heavy (non-hydrogen) atoms. The Kier molecular flexibility index (Phi) is 10.4. The van der Waals surface area contributed by atoms with Gasteiger partial charge in [-0.3, -0.25) is 0 Å². The number of ether oxygens (including phenoxy) is 4. The predicted molar refractivity (Wildman–Crippen MR) is 161 cm³/mol. The van der Waals surface area contributed by atoms with Crippen molar-refractivity contribution in [1.82, 2.24) is 0 Å². The van der Waals surface area contributed by atoms with Gasteiger partial charge in [0.1, 0.15) is 24.4 Å². The highest BCUT2D eigenvalue weighted by molar-refractivity contribution is 6.33. The number of carboxylic acid groups (broad SMARTS) is 1. The number of aromatic carboxylic acids is 1. The topological polar surface area (TPSA) is 74.2 Å². The molecular formula is C35H35ClO6. The number of hydrogen-bond donors (Lipinski definition) is 1. The molecule has 1 aliphatic rings. The van der Waals surface area contributed by atoms with Gasteiger partial charge in [-0.25, -0.2) is 4.79 Å². The quantitative estimate of drug-likeness (QED) is 0.184. The molecule has 6 nitrogen and oxygen atoms in total. The average molecular weight is 587 g/mol. The summed E-state index contributed by atoms with van der Waals surface area (Å²) in [6.45, 7) is 3.10. The molecule has 0 aliphatic carbocycles. The van der Waals surface area contributed by atoms with Crippen LogP contribution in [0.1, 0.15) is 52.1 Å². The van der Waals surface area contributed by atoms with E-state index in [1.165, 1.54) is 0 Å². The second-order valence-corrected chi connectivity index (χ2v) is 10.7. The molecule has 0 amide bonds. The Hall–Kier alpha value is -3.52. The molecule has 1 N–H and O–H groups in total. The number of carbonyl (C=O) groups is 1. The molecule has 0 spiro atoms. The van der Waals surface area contributed by atoms with E-state index in [-0.39, 0.29) is 16.7 Å². The lowest BCUT2D eigenvalue weighted by atomic mass is 9.89. The number of rotatable bonds is 12. The largest absolute Gasteiger partial charge is 0.478 e. The van der Waals surface area contributed by atoms with Gasteiger partial charge in [0.05, 0.1) is 36.5 Å². The van der Waals surface area contributed by atoms with Crippen LogP contribution in [0.5, 0.6) is 0 Å². The first-order chi connectivity index (χ1) is 20.5. The van der Waals surface area contributed by atoms with Gasteiger partial charge in [-0.15, -0.1) is 0 Å². The molecule has 1 unspecified atom stereocenters. The van der Waals surface area contributed by atoms with Crippen molar-refractivity contribution in [3.8, 4) is 0 Å². The number of halogens is 1. The maximum Gasteiger partial charge on any atom is 0.337 e.